The van der Waals surface area contributed by atoms with E-state index >= 15 is 0 Å². The van der Waals surface area contributed by atoms with Gasteiger partial charge in [0.1, 0.15) is 0 Å². The highest BCUT2D eigenvalue weighted by Gasteiger charge is 2.11. The summed E-state index contributed by atoms with van der Waals surface area (Å²) in [6, 6.07) is 9.34. The van der Waals surface area contributed by atoms with Gasteiger partial charge in [-0.15, -0.1) is 0 Å². The number of carbonyl (C=O) groups excluding carboxylic acids is 1. The molecule has 0 bridgehead atoms. The smallest absolute Gasteiger partial charge is 0.254 e. The molecule has 0 saturated carbocycles. The minimum absolute atomic E-state index is 0. The van der Waals surface area contributed by atoms with E-state index in [0.717, 1.165) is 10.9 Å². The molecule has 0 fully saturated rings. The number of rotatable bonds is 1. The Balaban J connectivity index is 0.000000917. The highest BCUT2D eigenvalue weighted by molar-refractivity contribution is 6.05. The van der Waals surface area contributed by atoms with Gasteiger partial charge in [0.15, 0.2) is 0 Å². The number of hydrogen-bond donors (Lipinski definition) is 0. The standard InChI is InChI=1S/C12H12N2O.C2H6.H2/c1-14(2)12(15)10-5-3-7-11-9(10)6-4-8-13-11;1-2;/h3-8H,1-2H3;1-2H3;1H. The fraction of sp³-hybridized carbons (Fsp3) is 0.286. The minimum atomic E-state index is 0. The number of aromatic nitrogens is 1. The summed E-state index contributed by atoms with van der Waals surface area (Å²) < 4.78 is 0. The summed E-state index contributed by atoms with van der Waals surface area (Å²) in [6.07, 6.45) is 1.73. The number of nitrogens with zero attached hydrogens (tertiary/aromatic N) is 2. The van der Waals surface area contributed by atoms with E-state index in [-0.39, 0.29) is 7.33 Å². The zero-order chi connectivity index (χ0) is 12.8. The van der Waals surface area contributed by atoms with Crippen molar-refractivity contribution < 1.29 is 6.22 Å². The highest BCUT2D eigenvalue weighted by atomic mass is 16.2. The van der Waals surface area contributed by atoms with E-state index < -0.39 is 0 Å². The van der Waals surface area contributed by atoms with Crippen molar-refractivity contribution in [2.24, 2.45) is 0 Å². The van der Waals surface area contributed by atoms with Gasteiger partial charge in [-0.3, -0.25) is 9.78 Å². The second kappa shape index (κ2) is 5.99. The molecule has 0 unspecified atom stereocenters. The van der Waals surface area contributed by atoms with Crippen LogP contribution < -0.4 is 0 Å². The Morgan fingerprint density at radius 3 is 2.53 bits per heavy atom. The number of fused-ring (bicyclic) bond motifs is 1. The van der Waals surface area contributed by atoms with Gasteiger partial charge in [0.05, 0.1) is 5.52 Å². The molecule has 0 aliphatic carbocycles. The predicted molar refractivity (Wildman–Crippen MR) is 73.2 cm³/mol. The van der Waals surface area contributed by atoms with E-state index in [0.29, 0.717) is 5.56 Å². The van der Waals surface area contributed by atoms with Gasteiger partial charge in [0.2, 0.25) is 0 Å². The van der Waals surface area contributed by atoms with Crippen molar-refractivity contribution in [1.82, 2.24) is 9.88 Å². The normalized spacial score (nSPS) is 9.41. The van der Waals surface area contributed by atoms with Crippen LogP contribution in [0.25, 0.3) is 10.9 Å². The van der Waals surface area contributed by atoms with Crippen molar-refractivity contribution in [3.8, 4) is 0 Å². The van der Waals surface area contributed by atoms with Crippen LogP contribution in [-0.4, -0.2) is 29.9 Å². The fourth-order valence-corrected chi connectivity index (χ4v) is 1.53. The third-order valence-corrected chi connectivity index (χ3v) is 2.28. The molecule has 1 amide bonds. The van der Waals surface area contributed by atoms with Gasteiger partial charge < -0.3 is 4.90 Å². The number of benzene rings is 1. The lowest BCUT2D eigenvalue weighted by atomic mass is 10.1. The lowest BCUT2D eigenvalue weighted by Crippen LogP contribution is -2.21. The van der Waals surface area contributed by atoms with E-state index in [4.69, 9.17) is 0 Å². The Hall–Kier alpha value is -1.90. The van der Waals surface area contributed by atoms with Gasteiger partial charge in [-0.05, 0) is 18.2 Å². The molecule has 0 aliphatic heterocycles. The average Bonchev–Trinajstić information content (AvgIpc) is 2.39. The van der Waals surface area contributed by atoms with E-state index in [2.05, 4.69) is 4.98 Å². The molecule has 17 heavy (non-hydrogen) atoms. The summed E-state index contributed by atoms with van der Waals surface area (Å²) in [5.74, 6) is 0.00796. The van der Waals surface area contributed by atoms with Crippen LogP contribution in [0.15, 0.2) is 36.5 Å². The molecule has 0 saturated heterocycles. The van der Waals surface area contributed by atoms with Crippen LogP contribution >= 0.6 is 0 Å². The second-order valence-corrected chi connectivity index (χ2v) is 3.58. The topological polar surface area (TPSA) is 33.2 Å². The molecule has 0 spiro atoms. The molecule has 1 heterocycles. The Bertz CT molecular complexity index is 507. The summed E-state index contributed by atoms with van der Waals surface area (Å²) in [5.41, 5.74) is 1.55. The number of pyridine rings is 1. The van der Waals surface area contributed by atoms with Gasteiger partial charge in [-0.2, -0.15) is 0 Å². The molecule has 3 nitrogen and oxygen atoms in total. The van der Waals surface area contributed by atoms with Crippen molar-refractivity contribution in [1.29, 1.82) is 0 Å². The Labute approximate surface area is 104 Å². The summed E-state index contributed by atoms with van der Waals surface area (Å²) in [5, 5.41) is 0.902. The number of hydrogen-bond acceptors (Lipinski definition) is 2. The van der Waals surface area contributed by atoms with Gasteiger partial charge in [-0.1, -0.05) is 26.0 Å². The van der Waals surface area contributed by atoms with E-state index in [1.165, 1.54) is 0 Å². The van der Waals surface area contributed by atoms with Crippen molar-refractivity contribution in [2.45, 2.75) is 13.8 Å². The maximum Gasteiger partial charge on any atom is 0.254 e. The highest BCUT2D eigenvalue weighted by Crippen LogP contribution is 2.17. The van der Waals surface area contributed by atoms with Crippen molar-refractivity contribution in [2.75, 3.05) is 14.1 Å². The van der Waals surface area contributed by atoms with Crippen LogP contribution in [0.4, 0.5) is 0 Å². The molecule has 1 aromatic heterocycles. The first kappa shape index (κ1) is 13.2. The Morgan fingerprint density at radius 1 is 1.18 bits per heavy atom. The van der Waals surface area contributed by atoms with Gasteiger partial charge in [0.25, 0.3) is 5.91 Å². The summed E-state index contributed by atoms with van der Waals surface area (Å²) in [6.45, 7) is 4.00. The van der Waals surface area contributed by atoms with E-state index in [1.54, 1.807) is 25.2 Å². The van der Waals surface area contributed by atoms with Crippen LogP contribution in [0, 0.1) is 0 Å². The summed E-state index contributed by atoms with van der Waals surface area (Å²) in [7, 11) is 3.50. The first-order valence-corrected chi connectivity index (χ1v) is 5.75. The molecule has 2 rings (SSSR count). The lowest BCUT2D eigenvalue weighted by Gasteiger charge is -2.11. The predicted octanol–water partition coefficient (Wildman–Crippen LogP) is 3.21. The molecule has 2 aromatic rings. The molecule has 0 aliphatic rings. The summed E-state index contributed by atoms with van der Waals surface area (Å²) >= 11 is 0. The first-order valence-electron chi connectivity index (χ1n) is 5.75. The van der Waals surface area contributed by atoms with Crippen LogP contribution in [-0.2, 0) is 0 Å². The van der Waals surface area contributed by atoms with Crippen molar-refractivity contribution in [3.05, 3.63) is 42.1 Å². The Kier molecular flexibility index (Phi) is 4.64. The summed E-state index contributed by atoms with van der Waals surface area (Å²) in [4.78, 5) is 17.6. The van der Waals surface area contributed by atoms with E-state index in [1.807, 2.05) is 44.2 Å². The molecule has 0 atom stereocenters. The zero-order valence-corrected chi connectivity index (χ0v) is 10.8. The fourth-order valence-electron chi connectivity index (χ4n) is 1.53. The lowest BCUT2D eigenvalue weighted by molar-refractivity contribution is 0.0829. The number of amides is 1. The third kappa shape index (κ3) is 2.81. The van der Waals surface area contributed by atoms with Gasteiger partial charge in [0, 0.05) is 32.7 Å². The third-order valence-electron chi connectivity index (χ3n) is 2.28. The minimum Gasteiger partial charge on any atom is -0.345 e. The second-order valence-electron chi connectivity index (χ2n) is 3.58. The maximum atomic E-state index is 11.9. The van der Waals surface area contributed by atoms with Crippen LogP contribution in [0.5, 0.6) is 0 Å². The SMILES string of the molecule is CC.CN(C)C(=O)c1cccc2ncccc12.[HH]. The zero-order valence-electron chi connectivity index (χ0n) is 10.8. The van der Waals surface area contributed by atoms with Crippen LogP contribution in [0.1, 0.15) is 25.6 Å². The Morgan fingerprint density at radius 2 is 1.88 bits per heavy atom. The molecule has 92 valence electrons. The first-order chi connectivity index (χ1) is 8.20. The largest absolute Gasteiger partial charge is 0.345 e. The average molecular weight is 232 g/mol. The monoisotopic (exact) mass is 232 g/mol. The van der Waals surface area contributed by atoms with Crippen molar-refractivity contribution in [3.63, 3.8) is 0 Å². The van der Waals surface area contributed by atoms with Crippen LogP contribution in [0.3, 0.4) is 0 Å². The van der Waals surface area contributed by atoms with Crippen LogP contribution in [0.2, 0.25) is 0 Å². The van der Waals surface area contributed by atoms with Gasteiger partial charge in [-0.25, -0.2) is 0 Å². The molecule has 3 heteroatoms. The molecule has 0 radical (unpaired) electrons. The molecule has 1 aromatic carbocycles. The van der Waals surface area contributed by atoms with E-state index in [9.17, 15) is 4.79 Å². The quantitative estimate of drug-likeness (QED) is 0.756. The molecular weight excluding hydrogens is 212 g/mol. The maximum absolute atomic E-state index is 11.9. The van der Waals surface area contributed by atoms with Crippen molar-refractivity contribution >= 4 is 16.8 Å². The molecular formula is C14H20N2O. The van der Waals surface area contributed by atoms with Gasteiger partial charge >= 0.3 is 0 Å². The number of carbonyl (C=O) groups is 1. The molecule has 0 N–H and O–H groups in total.